The number of nitrogens with zero attached hydrogens (tertiary/aromatic N) is 2. The smallest absolute Gasteiger partial charge is 0.269 e. The zero-order valence-corrected chi connectivity index (χ0v) is 9.45. The summed E-state index contributed by atoms with van der Waals surface area (Å²) >= 11 is 0. The zero-order chi connectivity index (χ0) is 11.4. The van der Waals surface area contributed by atoms with E-state index in [4.69, 9.17) is 5.73 Å². The Balaban J connectivity index is 2.77. The maximum Gasteiger partial charge on any atom is 0.269 e. The van der Waals surface area contributed by atoms with E-state index in [1.807, 2.05) is 13.8 Å². The molecule has 3 N–H and O–H groups in total. The number of carbonyl (C=O) groups excluding carboxylic acids is 1. The molecule has 0 radical (unpaired) electrons. The van der Waals surface area contributed by atoms with E-state index >= 15 is 0 Å². The van der Waals surface area contributed by atoms with E-state index in [9.17, 15) is 4.79 Å². The molecule has 0 aliphatic carbocycles. The van der Waals surface area contributed by atoms with Gasteiger partial charge in [-0.1, -0.05) is 6.92 Å². The lowest BCUT2D eigenvalue weighted by Crippen LogP contribution is -2.38. The number of nitrogens with one attached hydrogen (secondary N) is 1. The van der Waals surface area contributed by atoms with E-state index in [-0.39, 0.29) is 11.9 Å². The van der Waals surface area contributed by atoms with Crippen molar-refractivity contribution in [3.8, 4) is 0 Å². The van der Waals surface area contributed by atoms with Crippen molar-refractivity contribution in [2.45, 2.75) is 26.3 Å². The normalized spacial score (nSPS) is 12.5. The second-order valence-corrected chi connectivity index (χ2v) is 3.61. The summed E-state index contributed by atoms with van der Waals surface area (Å²) < 4.78 is 1.59. The highest BCUT2D eigenvalue weighted by molar-refractivity contribution is 5.92. The molecule has 5 nitrogen and oxygen atoms in total. The minimum atomic E-state index is -0.123. The van der Waals surface area contributed by atoms with Crippen molar-refractivity contribution in [2.75, 3.05) is 6.54 Å². The quantitative estimate of drug-likeness (QED) is 0.738. The van der Waals surface area contributed by atoms with Gasteiger partial charge in [-0.2, -0.15) is 5.10 Å². The van der Waals surface area contributed by atoms with E-state index < -0.39 is 0 Å². The van der Waals surface area contributed by atoms with Crippen molar-refractivity contribution in [3.05, 3.63) is 17.5 Å². The van der Waals surface area contributed by atoms with Crippen LogP contribution >= 0.6 is 0 Å². The number of rotatable bonds is 4. The van der Waals surface area contributed by atoms with Crippen molar-refractivity contribution in [1.82, 2.24) is 15.1 Å². The third-order valence-corrected chi connectivity index (χ3v) is 2.26. The van der Waals surface area contributed by atoms with Crippen LogP contribution in [0.25, 0.3) is 0 Å². The van der Waals surface area contributed by atoms with Crippen LogP contribution in [-0.2, 0) is 13.5 Å². The number of nitrogens with two attached hydrogens (primary N) is 1. The molecule has 0 bridgehead atoms. The highest BCUT2D eigenvalue weighted by Crippen LogP contribution is 2.03. The van der Waals surface area contributed by atoms with Crippen LogP contribution in [0.15, 0.2) is 6.07 Å². The van der Waals surface area contributed by atoms with Gasteiger partial charge in [-0.15, -0.1) is 0 Å². The minimum absolute atomic E-state index is 0.0162. The first-order chi connectivity index (χ1) is 7.08. The predicted molar refractivity (Wildman–Crippen MR) is 58.6 cm³/mol. The molecule has 1 aromatic heterocycles. The Morgan fingerprint density at radius 2 is 2.40 bits per heavy atom. The summed E-state index contributed by atoms with van der Waals surface area (Å²) in [7, 11) is 1.77. The molecule has 1 heterocycles. The van der Waals surface area contributed by atoms with Crippen molar-refractivity contribution in [3.63, 3.8) is 0 Å². The summed E-state index contributed by atoms with van der Waals surface area (Å²) in [4.78, 5) is 11.7. The van der Waals surface area contributed by atoms with Crippen LogP contribution in [0.2, 0.25) is 0 Å². The van der Waals surface area contributed by atoms with Crippen molar-refractivity contribution in [2.24, 2.45) is 12.8 Å². The highest BCUT2D eigenvalue weighted by atomic mass is 16.2. The number of aryl methyl sites for hydroxylation is 2. The van der Waals surface area contributed by atoms with Crippen LogP contribution in [0.4, 0.5) is 0 Å². The molecule has 15 heavy (non-hydrogen) atoms. The first-order valence-corrected chi connectivity index (χ1v) is 5.12. The molecule has 0 aliphatic rings. The van der Waals surface area contributed by atoms with Gasteiger partial charge in [0.2, 0.25) is 0 Å². The number of amides is 1. The number of hydrogen-bond donors (Lipinski definition) is 2. The van der Waals surface area contributed by atoms with Crippen molar-refractivity contribution < 1.29 is 4.79 Å². The second-order valence-electron chi connectivity index (χ2n) is 3.61. The summed E-state index contributed by atoms with van der Waals surface area (Å²) in [6, 6.07) is 1.79. The molecule has 0 aromatic carbocycles. The third-order valence-electron chi connectivity index (χ3n) is 2.26. The van der Waals surface area contributed by atoms with Crippen molar-refractivity contribution in [1.29, 1.82) is 0 Å². The fraction of sp³-hybridized carbons (Fsp3) is 0.600. The van der Waals surface area contributed by atoms with Crippen LogP contribution in [0.5, 0.6) is 0 Å². The summed E-state index contributed by atoms with van der Waals surface area (Å²) in [5.41, 5.74) is 6.93. The van der Waals surface area contributed by atoms with Gasteiger partial charge in [0.05, 0.1) is 5.69 Å². The minimum Gasteiger partial charge on any atom is -0.347 e. The Hall–Kier alpha value is -1.36. The van der Waals surface area contributed by atoms with Gasteiger partial charge in [0.1, 0.15) is 5.69 Å². The summed E-state index contributed by atoms with van der Waals surface area (Å²) in [6.07, 6.45) is 0.827. The second kappa shape index (κ2) is 4.93. The van der Waals surface area contributed by atoms with Gasteiger partial charge >= 0.3 is 0 Å². The van der Waals surface area contributed by atoms with E-state index in [2.05, 4.69) is 10.4 Å². The topological polar surface area (TPSA) is 72.9 Å². The Labute approximate surface area is 89.6 Å². The molecule has 0 fully saturated rings. The maximum atomic E-state index is 11.7. The van der Waals surface area contributed by atoms with Crippen LogP contribution < -0.4 is 11.1 Å². The highest BCUT2D eigenvalue weighted by Gasteiger charge is 2.13. The van der Waals surface area contributed by atoms with Gasteiger partial charge in [0, 0.05) is 19.6 Å². The van der Waals surface area contributed by atoms with Gasteiger partial charge in [-0.05, 0) is 19.4 Å². The molecule has 84 valence electrons. The molecule has 0 saturated heterocycles. The lowest BCUT2D eigenvalue weighted by atomic mass is 10.2. The van der Waals surface area contributed by atoms with Gasteiger partial charge in [0.25, 0.3) is 5.91 Å². The average molecular weight is 210 g/mol. The summed E-state index contributed by atoms with van der Waals surface area (Å²) in [6.45, 7) is 4.31. The molecule has 5 heteroatoms. The first kappa shape index (κ1) is 11.7. The fourth-order valence-corrected chi connectivity index (χ4v) is 1.27. The molecule has 1 atom stereocenters. The predicted octanol–water partition coefficient (Wildman–Crippen LogP) is 0.0595. The van der Waals surface area contributed by atoms with Crippen LogP contribution in [0.1, 0.15) is 30.0 Å². The van der Waals surface area contributed by atoms with E-state index in [1.165, 1.54) is 0 Å². The van der Waals surface area contributed by atoms with E-state index in [1.54, 1.807) is 17.8 Å². The lowest BCUT2D eigenvalue weighted by molar-refractivity contribution is 0.0932. The first-order valence-electron chi connectivity index (χ1n) is 5.12. The summed E-state index contributed by atoms with van der Waals surface area (Å²) in [5.74, 6) is -0.123. The fourth-order valence-electron chi connectivity index (χ4n) is 1.27. The Morgan fingerprint density at radius 3 is 2.87 bits per heavy atom. The van der Waals surface area contributed by atoms with E-state index in [0.717, 1.165) is 12.1 Å². The zero-order valence-electron chi connectivity index (χ0n) is 9.45. The molecule has 0 spiro atoms. The van der Waals surface area contributed by atoms with Gasteiger partial charge < -0.3 is 11.1 Å². The Morgan fingerprint density at radius 1 is 1.73 bits per heavy atom. The molecule has 0 saturated carbocycles. The molecular weight excluding hydrogens is 192 g/mol. The molecule has 0 aliphatic heterocycles. The lowest BCUT2D eigenvalue weighted by Gasteiger charge is -2.10. The molecule has 1 aromatic rings. The monoisotopic (exact) mass is 210 g/mol. The summed E-state index contributed by atoms with van der Waals surface area (Å²) in [5, 5.41) is 7.01. The molecule has 1 unspecified atom stereocenters. The van der Waals surface area contributed by atoms with Crippen LogP contribution in [-0.4, -0.2) is 28.3 Å². The molecule has 1 amide bonds. The third kappa shape index (κ3) is 2.79. The number of hydrogen-bond acceptors (Lipinski definition) is 3. The largest absolute Gasteiger partial charge is 0.347 e. The van der Waals surface area contributed by atoms with Crippen LogP contribution in [0.3, 0.4) is 0 Å². The van der Waals surface area contributed by atoms with Crippen molar-refractivity contribution >= 4 is 5.91 Å². The Bertz CT molecular complexity index is 345. The molecular formula is C10H18N4O. The average Bonchev–Trinajstić information content (AvgIpc) is 2.59. The van der Waals surface area contributed by atoms with Gasteiger partial charge in [0.15, 0.2) is 0 Å². The SMILES string of the molecule is CCc1cc(C(=O)NC(C)CN)n(C)n1. The van der Waals surface area contributed by atoms with Gasteiger partial charge in [-0.3, -0.25) is 9.48 Å². The number of carbonyl (C=O) groups is 1. The standard InChI is InChI=1S/C10H18N4O/c1-4-8-5-9(14(3)13-8)10(15)12-7(2)6-11/h5,7H,4,6,11H2,1-3H3,(H,12,15). The number of aromatic nitrogens is 2. The van der Waals surface area contributed by atoms with E-state index in [0.29, 0.717) is 12.2 Å². The van der Waals surface area contributed by atoms with Crippen LogP contribution in [0, 0.1) is 0 Å². The maximum absolute atomic E-state index is 11.7. The Kier molecular flexibility index (Phi) is 3.85. The van der Waals surface area contributed by atoms with Gasteiger partial charge in [-0.25, -0.2) is 0 Å². The molecule has 1 rings (SSSR count).